The van der Waals surface area contributed by atoms with Crippen LogP contribution in [0.3, 0.4) is 0 Å². The van der Waals surface area contributed by atoms with E-state index in [-0.39, 0.29) is 40.5 Å². The molecule has 0 bridgehead atoms. The van der Waals surface area contributed by atoms with Gasteiger partial charge in [-0.05, 0) is 32.0 Å². The summed E-state index contributed by atoms with van der Waals surface area (Å²) in [6, 6.07) is 3.88. The summed E-state index contributed by atoms with van der Waals surface area (Å²) in [4.78, 5) is 50.7. The van der Waals surface area contributed by atoms with Gasteiger partial charge in [0.05, 0.1) is 12.7 Å². The molecule has 0 spiro atoms. The van der Waals surface area contributed by atoms with Crippen molar-refractivity contribution in [3.05, 3.63) is 64.4 Å². The number of Topliss-reactive ketones (excluding diaryl/α,β-unsaturated/α-hetero) is 2. The number of nitrogens with one attached hydrogen (secondary N) is 1. The summed E-state index contributed by atoms with van der Waals surface area (Å²) in [5, 5.41) is 13.1. The number of phenolic OH excluding ortho intramolecular Hbond substituents is 1. The molecule has 34 heavy (non-hydrogen) atoms. The summed E-state index contributed by atoms with van der Waals surface area (Å²) in [5.74, 6) is -7.02. The molecule has 10 heteroatoms. The van der Waals surface area contributed by atoms with Crippen LogP contribution in [-0.2, 0) is 26.3 Å². The molecule has 0 saturated heterocycles. The SMILES string of the molecule is COc1cc(O)c2c(c1C(=O)NCc1cc(F)ccc1F)OC1=CC(=O)C(C(C)=O)C(=O)[C@]12C. The maximum Gasteiger partial charge on any atom is 0.259 e. The Morgan fingerprint density at radius 3 is 2.59 bits per heavy atom. The Morgan fingerprint density at radius 1 is 1.24 bits per heavy atom. The molecule has 176 valence electrons. The number of amides is 1. The quantitative estimate of drug-likeness (QED) is 0.643. The van der Waals surface area contributed by atoms with Gasteiger partial charge in [-0.3, -0.25) is 19.2 Å². The molecule has 1 unspecified atom stereocenters. The van der Waals surface area contributed by atoms with Crippen molar-refractivity contribution in [2.24, 2.45) is 5.92 Å². The third-order valence-electron chi connectivity index (χ3n) is 6.04. The second-order valence-electron chi connectivity index (χ2n) is 8.14. The molecular weight excluding hydrogens is 452 g/mol. The lowest BCUT2D eigenvalue weighted by atomic mass is 9.67. The number of benzene rings is 2. The Bertz CT molecular complexity index is 1320. The molecule has 2 aliphatic rings. The molecular formula is C24H19F2NO7. The molecule has 4 rings (SSSR count). The summed E-state index contributed by atoms with van der Waals surface area (Å²) < 4.78 is 38.4. The highest BCUT2D eigenvalue weighted by molar-refractivity contribution is 6.27. The van der Waals surface area contributed by atoms with E-state index in [1.165, 1.54) is 14.0 Å². The zero-order chi connectivity index (χ0) is 24.9. The minimum Gasteiger partial charge on any atom is -0.507 e. The smallest absolute Gasteiger partial charge is 0.259 e. The third-order valence-corrected chi connectivity index (χ3v) is 6.04. The van der Waals surface area contributed by atoms with Crippen molar-refractivity contribution in [3.8, 4) is 17.2 Å². The summed E-state index contributed by atoms with van der Waals surface area (Å²) in [6.45, 7) is 2.11. The highest BCUT2D eigenvalue weighted by atomic mass is 19.1. The van der Waals surface area contributed by atoms with Gasteiger partial charge in [-0.15, -0.1) is 0 Å². The number of halogens is 2. The van der Waals surface area contributed by atoms with Crippen LogP contribution in [0.15, 0.2) is 36.1 Å². The fourth-order valence-corrected chi connectivity index (χ4v) is 4.29. The zero-order valence-corrected chi connectivity index (χ0v) is 18.3. The highest BCUT2D eigenvalue weighted by Crippen LogP contribution is 2.56. The molecule has 2 aromatic rings. The second kappa shape index (κ2) is 8.05. The maximum atomic E-state index is 14.0. The molecule has 1 aliphatic heterocycles. The summed E-state index contributed by atoms with van der Waals surface area (Å²) in [5.41, 5.74) is -2.16. The van der Waals surface area contributed by atoms with Gasteiger partial charge in [-0.25, -0.2) is 8.78 Å². The number of fused-ring (bicyclic) bond motifs is 3. The van der Waals surface area contributed by atoms with Gasteiger partial charge in [0.15, 0.2) is 17.3 Å². The van der Waals surface area contributed by atoms with Crippen LogP contribution in [0, 0.1) is 17.6 Å². The summed E-state index contributed by atoms with van der Waals surface area (Å²) in [7, 11) is 1.23. The number of ether oxygens (including phenoxy) is 2. The Labute approximate surface area is 192 Å². The number of rotatable bonds is 5. The van der Waals surface area contributed by atoms with Crippen LogP contribution in [0.1, 0.15) is 35.3 Å². The van der Waals surface area contributed by atoms with Crippen molar-refractivity contribution in [1.82, 2.24) is 5.32 Å². The first-order valence-electron chi connectivity index (χ1n) is 10.2. The van der Waals surface area contributed by atoms with Crippen LogP contribution in [0.5, 0.6) is 17.2 Å². The van der Waals surface area contributed by atoms with Gasteiger partial charge >= 0.3 is 0 Å². The van der Waals surface area contributed by atoms with Crippen molar-refractivity contribution in [3.63, 3.8) is 0 Å². The fourth-order valence-electron chi connectivity index (χ4n) is 4.29. The van der Waals surface area contributed by atoms with Crippen LogP contribution in [0.2, 0.25) is 0 Å². The van der Waals surface area contributed by atoms with Crippen LogP contribution in [-0.4, -0.2) is 35.5 Å². The van der Waals surface area contributed by atoms with E-state index >= 15 is 0 Å². The lowest BCUT2D eigenvalue weighted by molar-refractivity contribution is -0.140. The first kappa shape index (κ1) is 23.1. The first-order chi connectivity index (χ1) is 16.0. The number of allylic oxidation sites excluding steroid dienone is 2. The Hall–Kier alpha value is -4.08. The van der Waals surface area contributed by atoms with Gasteiger partial charge in [0.25, 0.3) is 5.91 Å². The van der Waals surface area contributed by atoms with Gasteiger partial charge in [-0.1, -0.05) is 0 Å². The Balaban J connectivity index is 1.81. The Kier molecular flexibility index (Phi) is 5.47. The molecule has 1 aliphatic carbocycles. The number of methoxy groups -OCH3 is 1. The number of hydrogen-bond donors (Lipinski definition) is 2. The summed E-state index contributed by atoms with van der Waals surface area (Å²) in [6.07, 6.45) is 1.00. The number of hydrogen-bond acceptors (Lipinski definition) is 7. The molecule has 0 aromatic heterocycles. The number of carbonyl (C=O) groups excluding carboxylic acids is 4. The third kappa shape index (κ3) is 3.33. The maximum absolute atomic E-state index is 14.0. The highest BCUT2D eigenvalue weighted by Gasteiger charge is 2.58. The van der Waals surface area contributed by atoms with Crippen LogP contribution in [0.25, 0.3) is 0 Å². The standard InChI is InChI=1S/C24H19F2NO7/c1-10(28)18-14(29)8-17-24(2,22(18)31)20-15(30)7-16(33-3)19(21(20)34-17)23(32)27-9-11-6-12(25)4-5-13(11)26/h4-8,18,30H,9H2,1-3H3,(H,27,32)/t18?,24-/m1/s1. The average Bonchev–Trinajstić information content (AvgIpc) is 3.07. The minimum atomic E-state index is -1.71. The molecule has 8 nitrogen and oxygen atoms in total. The predicted octanol–water partition coefficient (Wildman–Crippen LogP) is 2.50. The van der Waals surface area contributed by atoms with Crippen molar-refractivity contribution < 1.29 is 42.5 Å². The van der Waals surface area contributed by atoms with Gasteiger partial charge in [0.1, 0.15) is 51.6 Å². The van der Waals surface area contributed by atoms with Crippen LogP contribution in [0.4, 0.5) is 8.78 Å². The van der Waals surface area contributed by atoms with E-state index in [9.17, 15) is 33.1 Å². The molecule has 2 aromatic carbocycles. The lowest BCUT2D eigenvalue weighted by Gasteiger charge is -2.30. The van der Waals surface area contributed by atoms with Crippen LogP contribution < -0.4 is 14.8 Å². The van der Waals surface area contributed by atoms with Gasteiger partial charge < -0.3 is 19.9 Å². The largest absolute Gasteiger partial charge is 0.507 e. The monoisotopic (exact) mass is 471 g/mol. The molecule has 2 N–H and O–H groups in total. The average molecular weight is 471 g/mol. The molecule has 2 atom stereocenters. The van der Waals surface area contributed by atoms with Crippen LogP contribution >= 0.6 is 0 Å². The normalized spacial score (nSPS) is 20.7. The van der Waals surface area contributed by atoms with E-state index in [0.717, 1.165) is 37.3 Å². The molecule has 0 radical (unpaired) electrons. The van der Waals surface area contributed by atoms with Crippen molar-refractivity contribution in [1.29, 1.82) is 0 Å². The molecule has 0 saturated carbocycles. The zero-order valence-electron chi connectivity index (χ0n) is 18.3. The van der Waals surface area contributed by atoms with Gasteiger partial charge in [-0.2, -0.15) is 0 Å². The molecule has 1 amide bonds. The minimum absolute atomic E-state index is 0.106. The lowest BCUT2D eigenvalue weighted by Crippen LogP contribution is -2.47. The second-order valence-corrected chi connectivity index (χ2v) is 8.14. The van der Waals surface area contributed by atoms with Gasteiger partial charge in [0, 0.05) is 24.3 Å². The predicted molar refractivity (Wildman–Crippen MR) is 112 cm³/mol. The van der Waals surface area contributed by atoms with E-state index in [4.69, 9.17) is 9.47 Å². The van der Waals surface area contributed by atoms with Crippen molar-refractivity contribution in [2.75, 3.05) is 7.11 Å². The van der Waals surface area contributed by atoms with E-state index < -0.39 is 52.0 Å². The fraction of sp³-hybridized carbons (Fsp3) is 0.250. The van der Waals surface area contributed by atoms with E-state index in [1.807, 2.05) is 0 Å². The van der Waals surface area contributed by atoms with E-state index in [1.54, 1.807) is 0 Å². The van der Waals surface area contributed by atoms with Gasteiger partial charge in [0.2, 0.25) is 0 Å². The van der Waals surface area contributed by atoms with E-state index in [0.29, 0.717) is 0 Å². The number of ketones is 3. The molecule has 0 fully saturated rings. The van der Waals surface area contributed by atoms with E-state index in [2.05, 4.69) is 5.32 Å². The summed E-state index contributed by atoms with van der Waals surface area (Å²) >= 11 is 0. The van der Waals surface area contributed by atoms with Crippen molar-refractivity contribution >= 4 is 23.3 Å². The van der Waals surface area contributed by atoms with Crippen molar-refractivity contribution in [2.45, 2.75) is 25.8 Å². The molecule has 1 heterocycles. The number of carbonyl (C=O) groups is 4. The topological polar surface area (TPSA) is 119 Å². The first-order valence-corrected chi connectivity index (χ1v) is 10.2. The number of aromatic hydroxyl groups is 1. The number of phenols is 1. The Morgan fingerprint density at radius 2 is 1.94 bits per heavy atom.